The van der Waals surface area contributed by atoms with Crippen molar-refractivity contribution in [2.24, 2.45) is 9.98 Å². The molecule has 0 spiro atoms. The van der Waals surface area contributed by atoms with Gasteiger partial charge < -0.3 is 9.47 Å². The lowest BCUT2D eigenvalue weighted by Gasteiger charge is -2.36. The van der Waals surface area contributed by atoms with E-state index in [9.17, 15) is 0 Å². The van der Waals surface area contributed by atoms with Crippen molar-refractivity contribution >= 4 is 17.4 Å². The largest absolute Gasteiger partial charge is 0.485 e. The fourth-order valence-electron chi connectivity index (χ4n) is 3.10. The molecule has 1 heterocycles. The van der Waals surface area contributed by atoms with Gasteiger partial charge in [0, 0.05) is 6.42 Å². The predicted octanol–water partition coefficient (Wildman–Crippen LogP) is 5.54. The van der Waals surface area contributed by atoms with E-state index in [-0.39, 0.29) is 0 Å². The van der Waals surface area contributed by atoms with E-state index in [2.05, 4.69) is 43.7 Å². The highest BCUT2D eigenvalue weighted by atomic mass is 16.5. The van der Waals surface area contributed by atoms with Crippen LogP contribution in [0.15, 0.2) is 58.5 Å². The van der Waals surface area contributed by atoms with Crippen molar-refractivity contribution in [2.75, 3.05) is 0 Å². The van der Waals surface area contributed by atoms with E-state index in [0.29, 0.717) is 17.8 Å². The van der Waals surface area contributed by atoms with E-state index in [0.717, 1.165) is 11.5 Å². The first kappa shape index (κ1) is 16.3. The molecule has 4 nitrogen and oxygen atoms in total. The summed E-state index contributed by atoms with van der Waals surface area (Å²) in [6, 6.07) is 18.1. The number of ether oxygens (including phenoxy) is 2. The van der Waals surface area contributed by atoms with Crippen molar-refractivity contribution in [1.82, 2.24) is 0 Å². The zero-order valence-electron chi connectivity index (χ0n) is 14.5. The van der Waals surface area contributed by atoms with Gasteiger partial charge in [0.1, 0.15) is 40.1 Å². The maximum Gasteiger partial charge on any atom is 0.146 e. The number of benzene rings is 2. The minimum Gasteiger partial charge on any atom is -0.485 e. The Hall–Kier alpha value is -2.58. The maximum absolute atomic E-state index is 6.22. The molecule has 0 saturated heterocycles. The molecule has 0 aliphatic carbocycles. The quantitative estimate of drug-likeness (QED) is 0.639. The maximum atomic E-state index is 6.22. The van der Waals surface area contributed by atoms with Gasteiger partial charge in [-0.15, -0.1) is 0 Å². The molecule has 0 amide bonds. The van der Waals surface area contributed by atoms with Crippen LogP contribution in [0.4, 0.5) is 11.4 Å². The van der Waals surface area contributed by atoms with Crippen molar-refractivity contribution in [2.45, 2.75) is 45.3 Å². The average molecular weight is 322 g/mol. The van der Waals surface area contributed by atoms with Gasteiger partial charge in [-0.3, -0.25) is 0 Å². The normalized spacial score (nSPS) is 18.2. The van der Waals surface area contributed by atoms with Gasteiger partial charge in [-0.05, 0) is 52.0 Å². The van der Waals surface area contributed by atoms with Crippen LogP contribution in [0.5, 0.6) is 11.5 Å². The Morgan fingerprint density at radius 2 is 1.17 bits per heavy atom. The summed E-state index contributed by atoms with van der Waals surface area (Å²) in [5.74, 6) is 1.43. The first-order valence-corrected chi connectivity index (χ1v) is 8.07. The van der Waals surface area contributed by atoms with Crippen LogP contribution < -0.4 is 9.47 Å². The van der Waals surface area contributed by atoms with Crippen LogP contribution in [0, 0.1) is 0 Å². The predicted molar refractivity (Wildman–Crippen MR) is 96.1 cm³/mol. The van der Waals surface area contributed by atoms with Crippen LogP contribution in [0.3, 0.4) is 0 Å². The zero-order valence-corrected chi connectivity index (χ0v) is 14.5. The van der Waals surface area contributed by atoms with Gasteiger partial charge in [0.15, 0.2) is 0 Å². The van der Waals surface area contributed by atoms with E-state index in [1.807, 2.05) is 48.5 Å². The molecular formula is C20H22N2O2. The lowest BCUT2D eigenvalue weighted by Crippen LogP contribution is -2.41. The van der Waals surface area contributed by atoms with E-state index >= 15 is 0 Å². The summed E-state index contributed by atoms with van der Waals surface area (Å²) in [6.45, 7) is 8.24. The molecule has 2 aromatic carbocycles. The van der Waals surface area contributed by atoms with Crippen LogP contribution in [0.1, 0.15) is 34.1 Å². The first-order chi connectivity index (χ1) is 11.3. The molecule has 2 aromatic rings. The topological polar surface area (TPSA) is 43.2 Å². The Morgan fingerprint density at radius 3 is 1.62 bits per heavy atom. The van der Waals surface area contributed by atoms with Crippen LogP contribution in [0.2, 0.25) is 0 Å². The van der Waals surface area contributed by atoms with E-state index in [1.165, 1.54) is 0 Å². The fraction of sp³-hybridized carbons (Fsp3) is 0.350. The average Bonchev–Trinajstić information content (AvgIpc) is 2.48. The Kier molecular flexibility index (Phi) is 4.16. The standard InChI is InChI=1S/C20H22N2O2/c1-19(2)13-20(3,4)24-18-12-8-6-10-16(18)22-14-21-15-9-5-7-11-17(15)23-19/h5-12H,13H2,1-4H3. The van der Waals surface area contributed by atoms with Crippen LogP contribution in [-0.4, -0.2) is 17.2 Å². The fourth-order valence-corrected chi connectivity index (χ4v) is 3.10. The minimum absolute atomic E-state index is 0.416. The number of aliphatic imine (C=N–C) groups is 2. The van der Waals surface area contributed by atoms with Crippen molar-refractivity contribution in [3.8, 4) is 11.5 Å². The molecule has 0 unspecified atom stereocenters. The molecule has 0 saturated carbocycles. The van der Waals surface area contributed by atoms with Crippen LogP contribution >= 0.6 is 0 Å². The zero-order chi connectivity index (χ0) is 17.2. The molecule has 0 bridgehead atoms. The Morgan fingerprint density at radius 1 is 0.750 bits per heavy atom. The van der Waals surface area contributed by atoms with Crippen molar-refractivity contribution in [1.29, 1.82) is 0 Å². The molecule has 1 aliphatic heterocycles. The molecule has 1 aliphatic rings. The van der Waals surface area contributed by atoms with Crippen molar-refractivity contribution < 1.29 is 9.47 Å². The van der Waals surface area contributed by atoms with Crippen LogP contribution in [-0.2, 0) is 0 Å². The van der Waals surface area contributed by atoms with Gasteiger partial charge in [0.25, 0.3) is 0 Å². The molecule has 24 heavy (non-hydrogen) atoms. The highest BCUT2D eigenvalue weighted by Gasteiger charge is 2.33. The van der Waals surface area contributed by atoms with Gasteiger partial charge in [-0.1, -0.05) is 24.3 Å². The van der Waals surface area contributed by atoms with Gasteiger partial charge in [-0.25, -0.2) is 0 Å². The highest BCUT2D eigenvalue weighted by molar-refractivity contribution is 5.64. The molecule has 0 radical (unpaired) electrons. The van der Waals surface area contributed by atoms with Crippen molar-refractivity contribution in [3.63, 3.8) is 0 Å². The number of hydrogen-bond acceptors (Lipinski definition) is 4. The molecule has 124 valence electrons. The summed E-state index contributed by atoms with van der Waals surface area (Å²) < 4.78 is 12.4. The molecule has 4 heteroatoms. The summed E-state index contributed by atoms with van der Waals surface area (Å²) in [5, 5.41) is 0. The second kappa shape index (κ2) is 6.14. The Bertz CT molecular complexity index is 739. The van der Waals surface area contributed by atoms with Crippen LogP contribution in [0.25, 0.3) is 0 Å². The third-order valence-corrected chi connectivity index (χ3v) is 3.70. The van der Waals surface area contributed by atoms with E-state index in [1.54, 1.807) is 0 Å². The van der Waals surface area contributed by atoms with Gasteiger partial charge in [-0.2, -0.15) is 9.98 Å². The Labute approximate surface area is 142 Å². The van der Waals surface area contributed by atoms with E-state index in [4.69, 9.17) is 9.47 Å². The summed E-state index contributed by atoms with van der Waals surface area (Å²) in [7, 11) is 0. The number of para-hydroxylation sites is 4. The van der Waals surface area contributed by atoms with Gasteiger partial charge >= 0.3 is 0 Å². The molecule has 0 atom stereocenters. The smallest absolute Gasteiger partial charge is 0.146 e. The number of rotatable bonds is 0. The SMILES string of the molecule is CC1(C)CC(C)(C)Oc2ccccc2N=C=Nc2ccccc2O1. The molecule has 3 rings (SSSR count). The summed E-state index contributed by atoms with van der Waals surface area (Å²) >= 11 is 0. The minimum atomic E-state index is -0.416. The lowest BCUT2D eigenvalue weighted by atomic mass is 9.92. The second-order valence-corrected chi connectivity index (χ2v) is 7.16. The molecule has 0 aromatic heterocycles. The summed E-state index contributed by atoms with van der Waals surface area (Å²) in [5.41, 5.74) is 0.595. The summed E-state index contributed by atoms with van der Waals surface area (Å²) in [4.78, 5) is 8.65. The van der Waals surface area contributed by atoms with Crippen molar-refractivity contribution in [3.05, 3.63) is 48.5 Å². The second-order valence-electron chi connectivity index (χ2n) is 7.16. The van der Waals surface area contributed by atoms with Gasteiger partial charge in [0.05, 0.1) is 0 Å². The molecule has 0 fully saturated rings. The highest BCUT2D eigenvalue weighted by Crippen LogP contribution is 2.37. The third-order valence-electron chi connectivity index (χ3n) is 3.70. The van der Waals surface area contributed by atoms with Gasteiger partial charge in [0.2, 0.25) is 0 Å². The number of hydrogen-bond donors (Lipinski definition) is 0. The molecule has 0 N–H and O–H groups in total. The number of nitrogens with zero attached hydrogens (tertiary/aromatic N) is 2. The number of fused-ring (bicyclic) bond motifs is 2. The monoisotopic (exact) mass is 322 g/mol. The van der Waals surface area contributed by atoms with E-state index < -0.39 is 11.2 Å². The lowest BCUT2D eigenvalue weighted by molar-refractivity contribution is 0.00561. The Balaban J connectivity index is 2.14. The summed E-state index contributed by atoms with van der Waals surface area (Å²) in [6.07, 6.45) is 0.704. The third kappa shape index (κ3) is 3.84. The molecular weight excluding hydrogens is 300 g/mol. The first-order valence-electron chi connectivity index (χ1n) is 8.07.